The van der Waals surface area contributed by atoms with Gasteiger partial charge in [-0.15, -0.1) is 0 Å². The number of esters is 1. The number of Topliss-reactive ketones (excluding diaryl/α,β-unsaturated/α-hetero) is 1. The number of ketones is 1. The van der Waals surface area contributed by atoms with Crippen molar-refractivity contribution in [1.82, 2.24) is 0 Å². The van der Waals surface area contributed by atoms with Crippen LogP contribution in [0.3, 0.4) is 0 Å². The molecule has 0 saturated heterocycles. The molecule has 1 fully saturated rings. The molecule has 29 heavy (non-hydrogen) atoms. The zero-order valence-electron chi connectivity index (χ0n) is 19.5. The lowest BCUT2D eigenvalue weighted by Gasteiger charge is -2.53. The van der Waals surface area contributed by atoms with E-state index < -0.39 is 5.60 Å². The monoisotopic (exact) mass is 398 g/mol. The van der Waals surface area contributed by atoms with Crippen LogP contribution >= 0.6 is 0 Å². The van der Waals surface area contributed by atoms with Crippen molar-refractivity contribution < 1.29 is 14.3 Å². The summed E-state index contributed by atoms with van der Waals surface area (Å²) in [6.45, 7) is 16.3. The van der Waals surface area contributed by atoms with Gasteiger partial charge in [0.15, 0.2) is 5.78 Å². The summed E-state index contributed by atoms with van der Waals surface area (Å²) in [5.74, 6) is -0.203. The van der Waals surface area contributed by atoms with E-state index in [2.05, 4.69) is 58.0 Å². The molecule has 0 heterocycles. The summed E-state index contributed by atoms with van der Waals surface area (Å²) in [4.78, 5) is 25.9. The highest BCUT2D eigenvalue weighted by atomic mass is 16.6. The Bertz CT molecular complexity index is 783. The third kappa shape index (κ3) is 4.65. The molecule has 3 nitrogen and oxygen atoms in total. The maximum atomic E-state index is 13.1. The minimum Gasteiger partial charge on any atom is -0.460 e. The smallest absolute Gasteiger partial charge is 0.309 e. The van der Waals surface area contributed by atoms with E-state index in [4.69, 9.17) is 4.74 Å². The molecular formula is C26H38O3. The van der Waals surface area contributed by atoms with Gasteiger partial charge in [0.05, 0.1) is 5.92 Å². The van der Waals surface area contributed by atoms with E-state index >= 15 is 0 Å². The van der Waals surface area contributed by atoms with Gasteiger partial charge in [0.2, 0.25) is 0 Å². The van der Waals surface area contributed by atoms with E-state index in [1.807, 2.05) is 27.7 Å². The molecule has 1 aliphatic rings. The van der Waals surface area contributed by atoms with Gasteiger partial charge in [0.1, 0.15) is 5.60 Å². The van der Waals surface area contributed by atoms with Crippen molar-refractivity contribution in [2.45, 2.75) is 86.2 Å². The van der Waals surface area contributed by atoms with Crippen LogP contribution < -0.4 is 0 Å². The maximum absolute atomic E-state index is 13.1. The fraction of sp³-hybridized carbons (Fsp3) is 0.615. The van der Waals surface area contributed by atoms with Gasteiger partial charge < -0.3 is 4.74 Å². The SMILES string of the molecule is CC/C=C1/C(=O)[C@@H](CC(CC)C(=O)OC(C)(C)C)[C@]1(C)C(C)c1ccccc1C. The fourth-order valence-corrected chi connectivity index (χ4v) is 4.74. The van der Waals surface area contributed by atoms with Gasteiger partial charge in [-0.25, -0.2) is 0 Å². The lowest BCUT2D eigenvalue weighted by Crippen LogP contribution is -2.53. The zero-order chi connectivity index (χ0) is 22.0. The van der Waals surface area contributed by atoms with Crippen LogP contribution in [0.2, 0.25) is 0 Å². The number of ether oxygens (including phenoxy) is 1. The number of aryl methyl sites for hydroxylation is 1. The van der Waals surface area contributed by atoms with Gasteiger partial charge in [0, 0.05) is 11.3 Å². The van der Waals surface area contributed by atoms with Crippen molar-refractivity contribution in [3.05, 3.63) is 47.0 Å². The number of hydrogen-bond acceptors (Lipinski definition) is 3. The molecule has 1 aliphatic carbocycles. The number of benzene rings is 1. The molecule has 2 unspecified atom stereocenters. The zero-order valence-corrected chi connectivity index (χ0v) is 19.5. The van der Waals surface area contributed by atoms with E-state index in [9.17, 15) is 9.59 Å². The predicted molar refractivity (Wildman–Crippen MR) is 119 cm³/mol. The van der Waals surface area contributed by atoms with Crippen molar-refractivity contribution in [2.75, 3.05) is 0 Å². The Morgan fingerprint density at radius 2 is 1.86 bits per heavy atom. The fourth-order valence-electron chi connectivity index (χ4n) is 4.74. The first-order chi connectivity index (χ1) is 13.5. The average molecular weight is 399 g/mol. The Hall–Kier alpha value is -1.90. The normalized spacial score (nSPS) is 25.4. The van der Waals surface area contributed by atoms with Crippen molar-refractivity contribution in [3.8, 4) is 0 Å². The van der Waals surface area contributed by atoms with Gasteiger partial charge in [-0.05, 0) is 69.6 Å². The van der Waals surface area contributed by atoms with Crippen LogP contribution in [0.1, 0.15) is 84.8 Å². The summed E-state index contributed by atoms with van der Waals surface area (Å²) in [5, 5.41) is 0. The summed E-state index contributed by atoms with van der Waals surface area (Å²) >= 11 is 0. The largest absolute Gasteiger partial charge is 0.460 e. The molecule has 160 valence electrons. The van der Waals surface area contributed by atoms with Crippen LogP contribution in [0.4, 0.5) is 0 Å². The van der Waals surface area contributed by atoms with E-state index in [1.165, 1.54) is 11.1 Å². The molecule has 0 radical (unpaired) electrons. The summed E-state index contributed by atoms with van der Waals surface area (Å²) in [6, 6.07) is 8.41. The van der Waals surface area contributed by atoms with Crippen LogP contribution in [0.5, 0.6) is 0 Å². The van der Waals surface area contributed by atoms with Gasteiger partial charge in [0.25, 0.3) is 0 Å². The predicted octanol–water partition coefficient (Wildman–Crippen LogP) is 6.40. The Balaban J connectivity index is 2.37. The highest BCUT2D eigenvalue weighted by Crippen LogP contribution is 2.59. The van der Waals surface area contributed by atoms with Crippen molar-refractivity contribution in [2.24, 2.45) is 17.3 Å². The standard InChI is InChI=1S/C26H38O3/c1-9-13-21-23(27)22(16-19(10-2)24(28)29-25(5,6)7)26(21,8)18(4)20-15-12-11-14-17(20)3/h11-15,18-19,22H,9-10,16H2,1-8H3/b21-13-/t18?,19?,22-,26-/m1/s1. The molecule has 0 spiro atoms. The third-order valence-corrected chi connectivity index (χ3v) is 6.60. The molecule has 0 amide bonds. The number of hydrogen-bond donors (Lipinski definition) is 0. The Morgan fingerprint density at radius 1 is 1.24 bits per heavy atom. The van der Waals surface area contributed by atoms with E-state index in [1.54, 1.807) is 0 Å². The molecule has 2 rings (SSSR count). The Kier molecular flexibility index (Phi) is 7.14. The molecule has 4 atom stereocenters. The molecule has 1 aromatic carbocycles. The van der Waals surface area contributed by atoms with E-state index in [0.29, 0.717) is 12.8 Å². The minimum atomic E-state index is -0.515. The molecular weight excluding hydrogens is 360 g/mol. The minimum absolute atomic E-state index is 0.160. The van der Waals surface area contributed by atoms with Crippen molar-refractivity contribution in [1.29, 1.82) is 0 Å². The Labute approximate surface area is 176 Å². The lowest BCUT2D eigenvalue weighted by atomic mass is 9.48. The molecule has 0 N–H and O–H groups in total. The topological polar surface area (TPSA) is 43.4 Å². The maximum Gasteiger partial charge on any atom is 0.309 e. The highest BCUT2D eigenvalue weighted by molar-refractivity contribution is 6.07. The van der Waals surface area contributed by atoms with Crippen LogP contribution in [-0.2, 0) is 14.3 Å². The second-order valence-corrected chi connectivity index (χ2v) is 9.68. The summed E-state index contributed by atoms with van der Waals surface area (Å²) in [6.07, 6.45) is 4.16. The summed E-state index contributed by atoms with van der Waals surface area (Å²) in [5.41, 5.74) is 2.67. The van der Waals surface area contributed by atoms with Crippen LogP contribution in [-0.4, -0.2) is 17.4 Å². The number of carbonyl (C=O) groups excluding carboxylic acids is 2. The molecule has 3 heteroatoms. The van der Waals surface area contributed by atoms with Crippen molar-refractivity contribution >= 4 is 11.8 Å². The van der Waals surface area contributed by atoms with Crippen LogP contribution in [0.25, 0.3) is 0 Å². The van der Waals surface area contributed by atoms with E-state index in [-0.39, 0.29) is 34.9 Å². The summed E-state index contributed by atoms with van der Waals surface area (Å²) in [7, 11) is 0. The quantitative estimate of drug-likeness (QED) is 0.394. The second kappa shape index (κ2) is 8.85. The molecule has 0 aromatic heterocycles. The molecule has 1 aromatic rings. The van der Waals surface area contributed by atoms with Gasteiger partial charge >= 0.3 is 5.97 Å². The number of carbonyl (C=O) groups is 2. The van der Waals surface area contributed by atoms with Crippen molar-refractivity contribution in [3.63, 3.8) is 0 Å². The van der Waals surface area contributed by atoms with E-state index in [0.717, 1.165) is 12.0 Å². The first kappa shape index (κ1) is 23.4. The van der Waals surface area contributed by atoms with Gasteiger partial charge in [-0.1, -0.05) is 58.0 Å². The number of allylic oxidation sites excluding steroid dienone is 2. The molecule has 0 aliphatic heterocycles. The molecule has 0 bridgehead atoms. The third-order valence-electron chi connectivity index (χ3n) is 6.60. The first-order valence-electron chi connectivity index (χ1n) is 11.0. The second-order valence-electron chi connectivity index (χ2n) is 9.68. The Morgan fingerprint density at radius 3 is 2.38 bits per heavy atom. The van der Waals surface area contributed by atoms with Crippen LogP contribution in [0.15, 0.2) is 35.9 Å². The molecule has 1 saturated carbocycles. The average Bonchev–Trinajstić information content (AvgIpc) is 2.64. The highest BCUT2D eigenvalue weighted by Gasteiger charge is 2.58. The first-order valence-corrected chi connectivity index (χ1v) is 11.0. The number of rotatable bonds is 7. The lowest BCUT2D eigenvalue weighted by molar-refractivity contribution is -0.161. The van der Waals surface area contributed by atoms with Crippen LogP contribution in [0, 0.1) is 24.2 Å². The summed E-state index contributed by atoms with van der Waals surface area (Å²) < 4.78 is 5.64. The van der Waals surface area contributed by atoms with Gasteiger partial charge in [-0.3, -0.25) is 9.59 Å². The van der Waals surface area contributed by atoms with Gasteiger partial charge in [-0.2, -0.15) is 0 Å².